The summed E-state index contributed by atoms with van der Waals surface area (Å²) in [5, 5.41) is 14.4. The third-order valence-electron chi connectivity index (χ3n) is 3.35. The Bertz CT molecular complexity index is 454. The van der Waals surface area contributed by atoms with Gasteiger partial charge in [-0.1, -0.05) is 17.7 Å². The molecule has 2 rings (SSSR count). The predicted octanol–water partition coefficient (Wildman–Crippen LogP) is 3.06. The van der Waals surface area contributed by atoms with Gasteiger partial charge in [0.05, 0.1) is 4.92 Å². The van der Waals surface area contributed by atoms with Crippen LogP contribution in [0, 0.1) is 10.1 Å². The second kappa shape index (κ2) is 8.64. The van der Waals surface area contributed by atoms with Crippen molar-refractivity contribution in [3.8, 4) is 0 Å². The van der Waals surface area contributed by atoms with Crippen molar-refractivity contribution in [2.75, 3.05) is 26.2 Å². The Morgan fingerprint density at radius 2 is 1.95 bits per heavy atom. The number of hydrogen-bond donors (Lipinski definition) is 1. The van der Waals surface area contributed by atoms with Crippen LogP contribution in [-0.2, 0) is 0 Å². The summed E-state index contributed by atoms with van der Waals surface area (Å²) in [4.78, 5) is 12.7. The zero-order valence-electron chi connectivity index (χ0n) is 11.0. The molecule has 0 saturated carbocycles. The van der Waals surface area contributed by atoms with Crippen LogP contribution in [-0.4, -0.2) is 36.0 Å². The molecule has 0 bridgehead atoms. The Morgan fingerprint density at radius 1 is 1.35 bits per heavy atom. The highest BCUT2D eigenvalue weighted by Crippen LogP contribution is 2.29. The van der Waals surface area contributed by atoms with Gasteiger partial charge in [0.25, 0.3) is 5.69 Å². The second-order valence-corrected chi connectivity index (χ2v) is 4.84. The van der Waals surface area contributed by atoms with Crippen molar-refractivity contribution < 1.29 is 4.92 Å². The van der Waals surface area contributed by atoms with Crippen LogP contribution in [0.4, 0.5) is 5.69 Å². The van der Waals surface area contributed by atoms with E-state index in [1.54, 1.807) is 12.1 Å². The molecule has 8 heteroatoms. The van der Waals surface area contributed by atoms with E-state index in [4.69, 9.17) is 11.6 Å². The van der Waals surface area contributed by atoms with E-state index >= 15 is 0 Å². The van der Waals surface area contributed by atoms with Crippen LogP contribution in [0.25, 0.3) is 0 Å². The van der Waals surface area contributed by atoms with Crippen LogP contribution < -0.4 is 5.32 Å². The molecular weight excluding hydrogens is 325 g/mol. The predicted molar refractivity (Wildman–Crippen MR) is 85.5 cm³/mol. The lowest BCUT2D eigenvalue weighted by molar-refractivity contribution is -0.384. The van der Waals surface area contributed by atoms with Gasteiger partial charge in [-0.05, 0) is 18.6 Å². The average Bonchev–Trinajstić information content (AvgIpc) is 2.39. The minimum absolute atomic E-state index is 0. The van der Waals surface area contributed by atoms with E-state index in [-0.39, 0.29) is 41.6 Å². The zero-order chi connectivity index (χ0) is 13.1. The van der Waals surface area contributed by atoms with Crippen molar-refractivity contribution in [3.63, 3.8) is 0 Å². The second-order valence-electron chi connectivity index (χ2n) is 4.43. The monoisotopic (exact) mass is 341 g/mol. The van der Waals surface area contributed by atoms with E-state index in [1.807, 2.05) is 6.07 Å². The summed E-state index contributed by atoms with van der Waals surface area (Å²) in [5.74, 6) is 0. The molecule has 1 aliphatic rings. The topological polar surface area (TPSA) is 58.4 Å². The van der Waals surface area contributed by atoms with Crippen molar-refractivity contribution >= 4 is 42.1 Å². The van der Waals surface area contributed by atoms with E-state index in [9.17, 15) is 10.1 Å². The molecule has 0 spiro atoms. The highest BCUT2D eigenvalue weighted by molar-refractivity contribution is 6.32. The lowest BCUT2D eigenvalue weighted by atomic mass is 10.1. The molecule has 1 N–H and O–H groups in total. The lowest BCUT2D eigenvalue weighted by Gasteiger charge is -2.33. The van der Waals surface area contributed by atoms with Crippen LogP contribution >= 0.6 is 36.4 Å². The summed E-state index contributed by atoms with van der Waals surface area (Å²) < 4.78 is 0. The third kappa shape index (κ3) is 4.46. The van der Waals surface area contributed by atoms with E-state index in [0.29, 0.717) is 0 Å². The van der Waals surface area contributed by atoms with Crippen molar-refractivity contribution in [2.24, 2.45) is 0 Å². The third-order valence-corrected chi connectivity index (χ3v) is 3.67. The molecule has 1 aliphatic heterocycles. The van der Waals surface area contributed by atoms with E-state index < -0.39 is 4.92 Å². The minimum Gasteiger partial charge on any atom is -0.314 e. The molecule has 0 amide bonds. The van der Waals surface area contributed by atoms with E-state index in [2.05, 4.69) is 17.1 Å². The molecule has 0 aliphatic carbocycles. The number of benzene rings is 1. The number of rotatable bonds is 3. The van der Waals surface area contributed by atoms with Crippen LogP contribution in [0.15, 0.2) is 18.2 Å². The van der Waals surface area contributed by atoms with Crippen LogP contribution in [0.1, 0.15) is 18.5 Å². The molecule has 1 aromatic carbocycles. The zero-order valence-corrected chi connectivity index (χ0v) is 13.4. The average molecular weight is 343 g/mol. The molecule has 1 heterocycles. The first-order valence-electron chi connectivity index (χ1n) is 5.98. The van der Waals surface area contributed by atoms with E-state index in [1.165, 1.54) is 0 Å². The molecule has 0 radical (unpaired) electrons. The molecule has 1 atom stereocenters. The first kappa shape index (κ1) is 19.4. The molecule has 114 valence electrons. The highest BCUT2D eigenvalue weighted by Gasteiger charge is 2.21. The molecule has 1 aromatic rings. The molecule has 20 heavy (non-hydrogen) atoms. The van der Waals surface area contributed by atoms with Crippen molar-refractivity contribution in [1.29, 1.82) is 0 Å². The fourth-order valence-electron chi connectivity index (χ4n) is 2.21. The van der Waals surface area contributed by atoms with Crippen LogP contribution in [0.5, 0.6) is 0 Å². The summed E-state index contributed by atoms with van der Waals surface area (Å²) in [6.07, 6.45) is 0. The van der Waals surface area contributed by atoms with Gasteiger partial charge >= 0.3 is 0 Å². The van der Waals surface area contributed by atoms with Gasteiger partial charge in [-0.25, -0.2) is 0 Å². The van der Waals surface area contributed by atoms with Crippen molar-refractivity contribution in [3.05, 3.63) is 38.9 Å². The van der Waals surface area contributed by atoms with Gasteiger partial charge in [-0.15, -0.1) is 24.8 Å². The normalized spacial score (nSPS) is 16.7. The Morgan fingerprint density at radius 3 is 2.50 bits per heavy atom. The smallest absolute Gasteiger partial charge is 0.288 e. The minimum atomic E-state index is -0.434. The SMILES string of the molecule is C[C@@H](c1ccc(Cl)c([N+](=O)[O-])c1)N1CCNCC1.Cl.Cl. The molecule has 1 saturated heterocycles. The molecular formula is C12H18Cl3N3O2. The molecule has 0 unspecified atom stereocenters. The summed E-state index contributed by atoms with van der Waals surface area (Å²) >= 11 is 5.82. The number of nitro benzene ring substituents is 1. The van der Waals surface area contributed by atoms with Gasteiger partial charge in [0, 0.05) is 38.3 Å². The van der Waals surface area contributed by atoms with Gasteiger partial charge < -0.3 is 5.32 Å². The number of nitrogens with zero attached hydrogens (tertiary/aromatic N) is 2. The highest BCUT2D eigenvalue weighted by atomic mass is 35.5. The lowest BCUT2D eigenvalue weighted by Crippen LogP contribution is -2.44. The largest absolute Gasteiger partial charge is 0.314 e. The quantitative estimate of drug-likeness (QED) is 0.677. The van der Waals surface area contributed by atoms with E-state index in [0.717, 1.165) is 31.7 Å². The van der Waals surface area contributed by atoms with Crippen molar-refractivity contribution in [1.82, 2.24) is 10.2 Å². The summed E-state index contributed by atoms with van der Waals surface area (Å²) in [6.45, 7) is 5.90. The summed E-state index contributed by atoms with van der Waals surface area (Å²) in [6, 6.07) is 5.22. The first-order chi connectivity index (χ1) is 8.59. The van der Waals surface area contributed by atoms with Gasteiger partial charge in [0.2, 0.25) is 0 Å². The van der Waals surface area contributed by atoms with Gasteiger partial charge in [0.1, 0.15) is 5.02 Å². The fraction of sp³-hybridized carbons (Fsp3) is 0.500. The maximum Gasteiger partial charge on any atom is 0.288 e. The number of nitrogens with one attached hydrogen (secondary N) is 1. The first-order valence-corrected chi connectivity index (χ1v) is 6.36. The summed E-state index contributed by atoms with van der Waals surface area (Å²) in [7, 11) is 0. The number of nitro groups is 1. The Balaban J connectivity index is 0.00000180. The van der Waals surface area contributed by atoms with Gasteiger partial charge in [0.15, 0.2) is 0 Å². The van der Waals surface area contributed by atoms with Crippen molar-refractivity contribution in [2.45, 2.75) is 13.0 Å². The van der Waals surface area contributed by atoms with Crippen LogP contribution in [0.3, 0.4) is 0 Å². The Hall–Kier alpha value is -0.590. The summed E-state index contributed by atoms with van der Waals surface area (Å²) in [5.41, 5.74) is 0.921. The number of halogens is 3. The van der Waals surface area contributed by atoms with Gasteiger partial charge in [-0.3, -0.25) is 15.0 Å². The maximum atomic E-state index is 10.9. The fourth-order valence-corrected chi connectivity index (χ4v) is 2.40. The Kier molecular flexibility index (Phi) is 8.39. The maximum absolute atomic E-state index is 10.9. The Labute approximate surface area is 135 Å². The molecule has 1 fully saturated rings. The number of hydrogen-bond acceptors (Lipinski definition) is 4. The molecule has 0 aromatic heterocycles. The van der Waals surface area contributed by atoms with Crippen LogP contribution in [0.2, 0.25) is 5.02 Å². The van der Waals surface area contributed by atoms with Gasteiger partial charge in [-0.2, -0.15) is 0 Å². The molecule has 5 nitrogen and oxygen atoms in total. The number of piperazine rings is 1. The standard InChI is InChI=1S/C12H16ClN3O2.2ClH/c1-9(15-6-4-14-5-7-15)10-2-3-11(13)12(8-10)16(17)18;;/h2-3,8-9,14H,4-7H2,1H3;2*1H/t9-;;/m0../s1.